The highest BCUT2D eigenvalue weighted by atomic mass is 16.4. The maximum atomic E-state index is 12.4. The molecule has 2 heterocycles. The Kier molecular flexibility index (Phi) is 4.85. The number of anilines is 1. The number of nitrogens with one attached hydrogen (secondary N) is 2. The fourth-order valence-corrected chi connectivity index (χ4v) is 2.68. The number of likely N-dealkylation sites (tertiary alicyclic amines) is 1. The van der Waals surface area contributed by atoms with Crippen LogP contribution in [0.4, 0.5) is 10.5 Å². The van der Waals surface area contributed by atoms with Gasteiger partial charge in [-0.2, -0.15) is 0 Å². The zero-order valence-electron chi connectivity index (χ0n) is 12.1. The van der Waals surface area contributed by atoms with E-state index in [1.165, 1.54) is 0 Å². The lowest BCUT2D eigenvalue weighted by atomic mass is 10.1. The Balaban J connectivity index is 2.14. The number of carboxylic acids is 1. The number of amides is 2. The molecule has 2 rings (SSSR count). The lowest BCUT2D eigenvalue weighted by Crippen LogP contribution is -2.44. The van der Waals surface area contributed by atoms with Crippen molar-refractivity contribution < 1.29 is 19.8 Å². The summed E-state index contributed by atoms with van der Waals surface area (Å²) in [6, 6.07) is 1.02. The third-order valence-corrected chi connectivity index (χ3v) is 3.76. The van der Waals surface area contributed by atoms with Gasteiger partial charge in [0.05, 0.1) is 18.3 Å². The van der Waals surface area contributed by atoms with Crippen molar-refractivity contribution in [3.63, 3.8) is 0 Å². The van der Waals surface area contributed by atoms with Crippen LogP contribution < -0.4 is 5.32 Å². The number of aliphatic hydroxyl groups excluding tert-OH is 1. The van der Waals surface area contributed by atoms with E-state index in [4.69, 9.17) is 5.11 Å². The lowest BCUT2D eigenvalue weighted by molar-refractivity contribution is 0.0692. The topological polar surface area (TPSA) is 106 Å². The molecule has 0 saturated carbocycles. The molecule has 1 fully saturated rings. The number of H-pyrrole nitrogens is 1. The average molecular weight is 295 g/mol. The summed E-state index contributed by atoms with van der Waals surface area (Å²) in [4.78, 5) is 27.8. The summed E-state index contributed by atoms with van der Waals surface area (Å²) in [5.74, 6) is -1.12. The van der Waals surface area contributed by atoms with Crippen molar-refractivity contribution in [1.29, 1.82) is 0 Å². The molecule has 1 aromatic rings. The minimum Gasteiger partial charge on any atom is -0.477 e. The van der Waals surface area contributed by atoms with E-state index in [0.29, 0.717) is 12.2 Å². The highest BCUT2D eigenvalue weighted by molar-refractivity contribution is 5.99. The molecule has 0 aromatic carbocycles. The Labute approximate surface area is 123 Å². The quantitative estimate of drug-likeness (QED) is 0.682. The van der Waals surface area contributed by atoms with E-state index in [9.17, 15) is 14.7 Å². The molecule has 21 heavy (non-hydrogen) atoms. The predicted octanol–water partition coefficient (Wildman–Crippen LogP) is 1.79. The van der Waals surface area contributed by atoms with E-state index >= 15 is 0 Å². The number of hydrogen-bond acceptors (Lipinski definition) is 3. The molecule has 7 heteroatoms. The molecule has 0 aliphatic carbocycles. The van der Waals surface area contributed by atoms with Gasteiger partial charge in [-0.05, 0) is 25.8 Å². The minimum absolute atomic E-state index is 0.0313. The molecule has 1 atom stereocenters. The highest BCUT2D eigenvalue weighted by Crippen LogP contribution is 2.21. The molecule has 1 aromatic heterocycles. The van der Waals surface area contributed by atoms with Gasteiger partial charge in [0, 0.05) is 12.2 Å². The van der Waals surface area contributed by atoms with E-state index in [2.05, 4.69) is 10.3 Å². The van der Waals surface area contributed by atoms with Gasteiger partial charge < -0.3 is 25.4 Å². The number of carboxylic acid groups (broad SMARTS) is 1. The number of aromatic amines is 1. The van der Waals surface area contributed by atoms with Gasteiger partial charge in [0.2, 0.25) is 0 Å². The van der Waals surface area contributed by atoms with Crippen LogP contribution in [0.25, 0.3) is 0 Å². The third kappa shape index (κ3) is 3.55. The van der Waals surface area contributed by atoms with Crippen LogP contribution in [0.1, 0.15) is 41.9 Å². The van der Waals surface area contributed by atoms with E-state index in [-0.39, 0.29) is 30.1 Å². The predicted molar refractivity (Wildman–Crippen MR) is 77.6 cm³/mol. The minimum atomic E-state index is -1.12. The van der Waals surface area contributed by atoms with Crippen LogP contribution in [0, 0.1) is 6.92 Å². The van der Waals surface area contributed by atoms with Crippen molar-refractivity contribution in [2.75, 3.05) is 18.5 Å². The summed E-state index contributed by atoms with van der Waals surface area (Å²) in [6.45, 7) is 2.22. The number of hydrogen-bond donors (Lipinski definition) is 4. The standard InChI is InChI=1S/C14H21N3O4/c1-9-7-11(12(15-9)13(19)20)16-14(21)17-6-4-2-3-5-10(17)8-18/h7,10,15,18H,2-6,8H2,1H3,(H,16,21)(H,19,20). The van der Waals surface area contributed by atoms with Crippen molar-refractivity contribution in [3.05, 3.63) is 17.5 Å². The number of nitrogens with zero attached hydrogens (tertiary/aromatic N) is 1. The Hall–Kier alpha value is -2.02. The van der Waals surface area contributed by atoms with Crippen LogP contribution in [0.2, 0.25) is 0 Å². The number of carbonyl (C=O) groups excluding carboxylic acids is 1. The van der Waals surface area contributed by atoms with Crippen LogP contribution in [-0.2, 0) is 0 Å². The van der Waals surface area contributed by atoms with Gasteiger partial charge in [0.15, 0.2) is 0 Å². The fraction of sp³-hybridized carbons (Fsp3) is 0.571. The van der Waals surface area contributed by atoms with E-state index in [1.807, 2.05) is 0 Å². The first-order chi connectivity index (χ1) is 10.0. The Morgan fingerprint density at radius 3 is 2.86 bits per heavy atom. The van der Waals surface area contributed by atoms with Crippen LogP contribution in [-0.4, -0.2) is 51.3 Å². The van der Waals surface area contributed by atoms with E-state index < -0.39 is 5.97 Å². The Morgan fingerprint density at radius 1 is 1.43 bits per heavy atom. The van der Waals surface area contributed by atoms with Crippen molar-refractivity contribution in [3.8, 4) is 0 Å². The molecule has 1 aliphatic heterocycles. The molecular formula is C14H21N3O4. The normalized spacial score (nSPS) is 19.1. The largest absolute Gasteiger partial charge is 0.477 e. The number of aromatic carboxylic acids is 1. The summed E-state index contributed by atoms with van der Waals surface area (Å²) < 4.78 is 0. The third-order valence-electron chi connectivity index (χ3n) is 3.76. The second kappa shape index (κ2) is 6.62. The van der Waals surface area contributed by atoms with Gasteiger partial charge in [-0.15, -0.1) is 0 Å². The summed E-state index contributed by atoms with van der Waals surface area (Å²) in [5.41, 5.74) is 0.888. The van der Waals surface area contributed by atoms with Gasteiger partial charge >= 0.3 is 12.0 Å². The second-order valence-corrected chi connectivity index (χ2v) is 5.36. The molecule has 1 unspecified atom stereocenters. The number of carbonyl (C=O) groups is 2. The monoisotopic (exact) mass is 295 g/mol. The van der Waals surface area contributed by atoms with Gasteiger partial charge in [-0.3, -0.25) is 0 Å². The summed E-state index contributed by atoms with van der Waals surface area (Å²) in [6.07, 6.45) is 3.67. The first-order valence-electron chi connectivity index (χ1n) is 7.14. The number of aromatic nitrogens is 1. The van der Waals surface area contributed by atoms with Crippen LogP contribution in [0.15, 0.2) is 6.07 Å². The maximum Gasteiger partial charge on any atom is 0.354 e. The van der Waals surface area contributed by atoms with Gasteiger partial charge in [0.1, 0.15) is 5.69 Å². The first kappa shape index (κ1) is 15.4. The average Bonchev–Trinajstić information content (AvgIpc) is 2.67. The van der Waals surface area contributed by atoms with E-state index in [0.717, 1.165) is 25.7 Å². The molecular weight excluding hydrogens is 274 g/mol. The smallest absolute Gasteiger partial charge is 0.354 e. The molecule has 2 amide bonds. The van der Waals surface area contributed by atoms with Crippen molar-refractivity contribution in [1.82, 2.24) is 9.88 Å². The lowest BCUT2D eigenvalue weighted by Gasteiger charge is -2.28. The second-order valence-electron chi connectivity index (χ2n) is 5.36. The molecule has 1 saturated heterocycles. The SMILES string of the molecule is Cc1cc(NC(=O)N2CCCCCC2CO)c(C(=O)O)[nH]1. The number of urea groups is 1. The van der Waals surface area contributed by atoms with Gasteiger partial charge in [0.25, 0.3) is 0 Å². The number of aliphatic hydroxyl groups is 1. The Morgan fingerprint density at radius 2 is 2.19 bits per heavy atom. The molecule has 0 radical (unpaired) electrons. The van der Waals surface area contributed by atoms with Crippen molar-refractivity contribution in [2.45, 2.75) is 38.6 Å². The first-order valence-corrected chi connectivity index (χ1v) is 7.14. The van der Waals surface area contributed by atoms with Crippen LogP contribution in [0.5, 0.6) is 0 Å². The molecule has 7 nitrogen and oxygen atoms in total. The maximum absolute atomic E-state index is 12.4. The van der Waals surface area contributed by atoms with Gasteiger partial charge in [-0.25, -0.2) is 9.59 Å². The molecule has 4 N–H and O–H groups in total. The molecule has 0 bridgehead atoms. The zero-order valence-corrected chi connectivity index (χ0v) is 12.1. The highest BCUT2D eigenvalue weighted by Gasteiger charge is 2.26. The fourth-order valence-electron chi connectivity index (χ4n) is 2.68. The molecule has 1 aliphatic rings. The Bertz CT molecular complexity index is 526. The van der Waals surface area contributed by atoms with Crippen molar-refractivity contribution >= 4 is 17.7 Å². The summed E-state index contributed by atoms with van der Waals surface area (Å²) in [5, 5.41) is 21.2. The summed E-state index contributed by atoms with van der Waals surface area (Å²) in [7, 11) is 0. The van der Waals surface area contributed by atoms with Crippen molar-refractivity contribution in [2.24, 2.45) is 0 Å². The molecule has 116 valence electrons. The van der Waals surface area contributed by atoms with Crippen LogP contribution >= 0.6 is 0 Å². The summed E-state index contributed by atoms with van der Waals surface area (Å²) >= 11 is 0. The van der Waals surface area contributed by atoms with E-state index in [1.54, 1.807) is 17.9 Å². The zero-order chi connectivity index (χ0) is 15.4. The van der Waals surface area contributed by atoms with Crippen LogP contribution in [0.3, 0.4) is 0 Å². The molecule has 0 spiro atoms. The number of aryl methyl sites for hydroxylation is 1. The van der Waals surface area contributed by atoms with Gasteiger partial charge in [-0.1, -0.05) is 12.8 Å². The number of rotatable bonds is 3.